The standard InChI is InChI=1S/C16H17N3OS/c1-9-8-17-16(21-9)18-15(20)12-5-6-14-13(7-12)10(2)11(3)19(14)4/h5-8H,1-4H3,(H,17,18,20). The number of aryl methyl sites for hydroxylation is 3. The highest BCUT2D eigenvalue weighted by Gasteiger charge is 2.13. The van der Waals surface area contributed by atoms with Gasteiger partial charge in [0.25, 0.3) is 5.91 Å². The normalized spacial score (nSPS) is 11.0. The zero-order valence-corrected chi connectivity index (χ0v) is 13.3. The van der Waals surface area contributed by atoms with Gasteiger partial charge in [-0.25, -0.2) is 4.98 Å². The molecule has 108 valence electrons. The van der Waals surface area contributed by atoms with Crippen molar-refractivity contribution in [1.82, 2.24) is 9.55 Å². The number of fused-ring (bicyclic) bond motifs is 1. The number of rotatable bonds is 2. The summed E-state index contributed by atoms with van der Waals surface area (Å²) in [5.74, 6) is -0.118. The van der Waals surface area contributed by atoms with E-state index in [-0.39, 0.29) is 5.91 Å². The van der Waals surface area contributed by atoms with Gasteiger partial charge in [0.05, 0.1) is 0 Å². The van der Waals surface area contributed by atoms with Gasteiger partial charge in [-0.15, -0.1) is 11.3 Å². The predicted molar refractivity (Wildman–Crippen MR) is 87.2 cm³/mol. The van der Waals surface area contributed by atoms with Crippen molar-refractivity contribution in [1.29, 1.82) is 0 Å². The maximum absolute atomic E-state index is 12.3. The Hall–Kier alpha value is -2.14. The third kappa shape index (κ3) is 2.34. The second kappa shape index (κ2) is 5.00. The van der Waals surface area contributed by atoms with Gasteiger partial charge in [-0.05, 0) is 44.5 Å². The fourth-order valence-corrected chi connectivity index (χ4v) is 3.14. The Labute approximate surface area is 127 Å². The van der Waals surface area contributed by atoms with Gasteiger partial charge >= 0.3 is 0 Å². The first-order valence-corrected chi connectivity index (χ1v) is 7.58. The lowest BCUT2D eigenvalue weighted by Crippen LogP contribution is -2.11. The third-order valence-corrected chi connectivity index (χ3v) is 4.74. The van der Waals surface area contributed by atoms with Gasteiger partial charge in [-0.2, -0.15) is 0 Å². The summed E-state index contributed by atoms with van der Waals surface area (Å²) in [4.78, 5) is 17.6. The van der Waals surface area contributed by atoms with Crippen molar-refractivity contribution in [3.63, 3.8) is 0 Å². The number of hydrogen-bond donors (Lipinski definition) is 1. The van der Waals surface area contributed by atoms with Crippen molar-refractivity contribution in [2.45, 2.75) is 20.8 Å². The first-order chi connectivity index (χ1) is 9.97. The number of carbonyl (C=O) groups excluding carboxylic acids is 1. The molecule has 0 aliphatic heterocycles. The molecular weight excluding hydrogens is 282 g/mol. The van der Waals surface area contributed by atoms with Gasteiger partial charge in [-0.3, -0.25) is 10.1 Å². The van der Waals surface area contributed by atoms with Crippen LogP contribution in [0.25, 0.3) is 10.9 Å². The zero-order valence-electron chi connectivity index (χ0n) is 12.5. The van der Waals surface area contributed by atoms with Crippen molar-refractivity contribution in [2.24, 2.45) is 7.05 Å². The average Bonchev–Trinajstić information content (AvgIpc) is 2.97. The van der Waals surface area contributed by atoms with Crippen LogP contribution in [0.1, 0.15) is 26.5 Å². The molecule has 5 heteroatoms. The molecule has 0 atom stereocenters. The fourth-order valence-electron chi connectivity index (χ4n) is 2.48. The van der Waals surface area contributed by atoms with Crippen LogP contribution in [0.4, 0.5) is 5.13 Å². The van der Waals surface area contributed by atoms with Crippen molar-refractivity contribution in [3.8, 4) is 0 Å². The van der Waals surface area contributed by atoms with E-state index in [4.69, 9.17) is 0 Å². The number of nitrogens with one attached hydrogen (secondary N) is 1. The molecule has 0 fully saturated rings. The molecule has 3 aromatic rings. The molecule has 0 saturated carbocycles. The molecular formula is C16H17N3OS. The van der Waals surface area contributed by atoms with E-state index in [1.54, 1.807) is 6.20 Å². The van der Waals surface area contributed by atoms with Gasteiger partial charge in [-0.1, -0.05) is 0 Å². The Bertz CT molecular complexity index is 845. The van der Waals surface area contributed by atoms with Crippen molar-refractivity contribution in [2.75, 3.05) is 5.32 Å². The lowest BCUT2D eigenvalue weighted by molar-refractivity contribution is 0.102. The minimum absolute atomic E-state index is 0.118. The molecule has 1 amide bonds. The van der Waals surface area contributed by atoms with Crippen molar-refractivity contribution >= 4 is 33.3 Å². The lowest BCUT2D eigenvalue weighted by atomic mass is 10.1. The minimum Gasteiger partial charge on any atom is -0.348 e. The van der Waals surface area contributed by atoms with Crippen molar-refractivity contribution in [3.05, 3.63) is 46.1 Å². The number of aromatic nitrogens is 2. The molecule has 21 heavy (non-hydrogen) atoms. The predicted octanol–water partition coefficient (Wildman–Crippen LogP) is 3.81. The molecule has 1 aromatic carbocycles. The van der Waals surface area contributed by atoms with Crippen LogP contribution in [0.5, 0.6) is 0 Å². The Morgan fingerprint density at radius 3 is 2.71 bits per heavy atom. The summed E-state index contributed by atoms with van der Waals surface area (Å²) in [5, 5.41) is 4.61. The topological polar surface area (TPSA) is 46.9 Å². The zero-order chi connectivity index (χ0) is 15.1. The molecule has 0 unspecified atom stereocenters. The smallest absolute Gasteiger partial charge is 0.257 e. The highest BCUT2D eigenvalue weighted by molar-refractivity contribution is 7.15. The number of amides is 1. The van der Waals surface area contributed by atoms with Crippen LogP contribution in [0, 0.1) is 20.8 Å². The Balaban J connectivity index is 1.97. The number of anilines is 1. The van der Waals surface area contributed by atoms with E-state index in [9.17, 15) is 4.79 Å². The summed E-state index contributed by atoms with van der Waals surface area (Å²) < 4.78 is 2.15. The van der Waals surface area contributed by atoms with Gasteiger partial charge in [0, 0.05) is 40.3 Å². The van der Waals surface area contributed by atoms with Crippen LogP contribution in [0.15, 0.2) is 24.4 Å². The van der Waals surface area contributed by atoms with Gasteiger partial charge < -0.3 is 4.57 Å². The van der Waals surface area contributed by atoms with E-state index >= 15 is 0 Å². The SMILES string of the molecule is Cc1cnc(NC(=O)c2ccc3c(c2)c(C)c(C)n3C)s1. The number of hydrogen-bond acceptors (Lipinski definition) is 3. The Morgan fingerprint density at radius 1 is 1.29 bits per heavy atom. The number of nitrogens with zero attached hydrogens (tertiary/aromatic N) is 2. The van der Waals surface area contributed by atoms with Crippen LogP contribution in [0.3, 0.4) is 0 Å². The molecule has 2 aromatic heterocycles. The number of carbonyl (C=O) groups is 1. The van der Waals surface area contributed by atoms with E-state index in [2.05, 4.69) is 28.7 Å². The summed E-state index contributed by atoms with van der Waals surface area (Å²) in [7, 11) is 2.04. The summed E-state index contributed by atoms with van der Waals surface area (Å²) in [5.41, 5.74) is 4.24. The van der Waals surface area contributed by atoms with Gasteiger partial charge in [0.1, 0.15) is 0 Å². The highest BCUT2D eigenvalue weighted by Crippen LogP contribution is 2.25. The maximum Gasteiger partial charge on any atom is 0.257 e. The molecule has 0 radical (unpaired) electrons. The van der Waals surface area contributed by atoms with Crippen LogP contribution in [-0.2, 0) is 7.05 Å². The summed E-state index contributed by atoms with van der Waals surface area (Å²) in [6, 6.07) is 5.81. The van der Waals surface area contributed by atoms with Crippen LogP contribution in [-0.4, -0.2) is 15.5 Å². The molecule has 4 nitrogen and oxygen atoms in total. The lowest BCUT2D eigenvalue weighted by Gasteiger charge is -2.03. The summed E-state index contributed by atoms with van der Waals surface area (Å²) in [6.07, 6.45) is 1.76. The van der Waals surface area contributed by atoms with E-state index in [1.165, 1.54) is 22.6 Å². The van der Waals surface area contributed by atoms with E-state index in [0.29, 0.717) is 10.7 Å². The molecule has 3 rings (SSSR count). The molecule has 0 bridgehead atoms. The summed E-state index contributed by atoms with van der Waals surface area (Å²) >= 11 is 1.48. The number of benzene rings is 1. The fraction of sp³-hybridized carbons (Fsp3) is 0.250. The number of thiazole rings is 1. The average molecular weight is 299 g/mol. The Kier molecular flexibility index (Phi) is 3.29. The molecule has 0 aliphatic carbocycles. The monoisotopic (exact) mass is 299 g/mol. The molecule has 0 aliphatic rings. The quantitative estimate of drug-likeness (QED) is 0.782. The molecule has 1 N–H and O–H groups in total. The van der Waals surface area contributed by atoms with E-state index in [1.807, 2.05) is 32.2 Å². The van der Waals surface area contributed by atoms with Crippen LogP contribution >= 0.6 is 11.3 Å². The maximum atomic E-state index is 12.3. The van der Waals surface area contributed by atoms with E-state index < -0.39 is 0 Å². The van der Waals surface area contributed by atoms with E-state index in [0.717, 1.165) is 15.8 Å². The largest absolute Gasteiger partial charge is 0.348 e. The third-order valence-electron chi connectivity index (χ3n) is 3.91. The van der Waals surface area contributed by atoms with Crippen molar-refractivity contribution < 1.29 is 4.79 Å². The van der Waals surface area contributed by atoms with Crippen LogP contribution in [0.2, 0.25) is 0 Å². The van der Waals surface area contributed by atoms with Gasteiger partial charge in [0.2, 0.25) is 0 Å². The Morgan fingerprint density at radius 2 is 2.05 bits per heavy atom. The molecule has 2 heterocycles. The molecule has 0 saturated heterocycles. The second-order valence-corrected chi connectivity index (χ2v) is 6.47. The van der Waals surface area contributed by atoms with Crippen LogP contribution < -0.4 is 5.32 Å². The molecule has 0 spiro atoms. The van der Waals surface area contributed by atoms with Gasteiger partial charge in [0.15, 0.2) is 5.13 Å². The summed E-state index contributed by atoms with van der Waals surface area (Å²) in [6.45, 7) is 6.15. The minimum atomic E-state index is -0.118. The first-order valence-electron chi connectivity index (χ1n) is 6.77. The highest BCUT2D eigenvalue weighted by atomic mass is 32.1. The second-order valence-electron chi connectivity index (χ2n) is 5.23. The first kappa shape index (κ1) is 13.8.